The van der Waals surface area contributed by atoms with Gasteiger partial charge in [-0.2, -0.15) is 0 Å². The zero-order valence-corrected chi connectivity index (χ0v) is 10.6. The number of rotatable bonds is 4. The lowest BCUT2D eigenvalue weighted by molar-refractivity contribution is -0.129. The van der Waals surface area contributed by atoms with E-state index in [0.29, 0.717) is 12.5 Å². The summed E-state index contributed by atoms with van der Waals surface area (Å²) in [6.45, 7) is 4.61. The molecule has 1 rings (SSSR count). The van der Waals surface area contributed by atoms with Crippen LogP contribution in [0.2, 0.25) is 0 Å². The maximum absolute atomic E-state index is 12.1. The van der Waals surface area contributed by atoms with Crippen molar-refractivity contribution in [2.45, 2.75) is 51.1 Å². The van der Waals surface area contributed by atoms with Gasteiger partial charge in [0.2, 0.25) is 5.91 Å². The first-order valence-electron chi connectivity index (χ1n) is 6.06. The molecule has 94 valence electrons. The van der Waals surface area contributed by atoms with Gasteiger partial charge in [0, 0.05) is 13.2 Å². The standard InChI is InChI=1S/C12H24N2O2/c1-9-5-4-6-12(13,7-9)11(15)14-10(2)8-16-3/h9-10H,4-8,13H2,1-3H3,(H,14,15). The van der Waals surface area contributed by atoms with Crippen LogP contribution in [0.15, 0.2) is 0 Å². The summed E-state index contributed by atoms with van der Waals surface area (Å²) in [5.74, 6) is 0.519. The summed E-state index contributed by atoms with van der Waals surface area (Å²) in [6, 6.07) is 0.0233. The molecule has 0 heterocycles. The highest BCUT2D eigenvalue weighted by Crippen LogP contribution is 2.30. The maximum atomic E-state index is 12.1. The van der Waals surface area contributed by atoms with Crippen molar-refractivity contribution in [1.29, 1.82) is 0 Å². The Morgan fingerprint density at radius 1 is 1.69 bits per heavy atom. The number of hydrogen-bond donors (Lipinski definition) is 2. The van der Waals surface area contributed by atoms with Gasteiger partial charge >= 0.3 is 0 Å². The normalized spacial score (nSPS) is 32.1. The second-order valence-corrected chi connectivity index (χ2v) is 5.19. The van der Waals surface area contributed by atoms with Crippen LogP contribution in [-0.4, -0.2) is 31.2 Å². The van der Waals surface area contributed by atoms with Crippen molar-refractivity contribution >= 4 is 5.91 Å². The summed E-state index contributed by atoms with van der Waals surface area (Å²) in [5, 5.41) is 2.92. The molecule has 4 heteroatoms. The van der Waals surface area contributed by atoms with Gasteiger partial charge in [-0.15, -0.1) is 0 Å². The number of ether oxygens (including phenoxy) is 1. The van der Waals surface area contributed by atoms with E-state index in [1.807, 2.05) is 6.92 Å². The van der Waals surface area contributed by atoms with E-state index >= 15 is 0 Å². The molecule has 1 saturated carbocycles. The Morgan fingerprint density at radius 3 is 2.94 bits per heavy atom. The fraction of sp³-hybridized carbons (Fsp3) is 0.917. The Labute approximate surface area is 97.9 Å². The molecule has 0 spiro atoms. The number of carbonyl (C=O) groups excluding carboxylic acids is 1. The van der Waals surface area contributed by atoms with Crippen molar-refractivity contribution in [3.05, 3.63) is 0 Å². The molecular weight excluding hydrogens is 204 g/mol. The number of hydrogen-bond acceptors (Lipinski definition) is 3. The zero-order valence-electron chi connectivity index (χ0n) is 10.6. The molecule has 1 aliphatic carbocycles. The Kier molecular flexibility index (Phi) is 4.74. The molecule has 0 radical (unpaired) electrons. The molecule has 16 heavy (non-hydrogen) atoms. The minimum absolute atomic E-state index is 0.0233. The lowest BCUT2D eigenvalue weighted by atomic mass is 9.76. The van der Waals surface area contributed by atoms with Crippen molar-refractivity contribution in [2.75, 3.05) is 13.7 Å². The molecule has 1 amide bonds. The summed E-state index contributed by atoms with van der Waals surface area (Å²) in [6.07, 6.45) is 3.81. The van der Waals surface area contributed by atoms with E-state index in [1.54, 1.807) is 7.11 Å². The van der Waals surface area contributed by atoms with Crippen LogP contribution in [0.5, 0.6) is 0 Å². The fourth-order valence-corrected chi connectivity index (χ4v) is 2.46. The molecule has 0 saturated heterocycles. The van der Waals surface area contributed by atoms with Crippen LogP contribution in [0.1, 0.15) is 39.5 Å². The predicted octanol–water partition coefficient (Wildman–Crippen LogP) is 1.05. The van der Waals surface area contributed by atoms with E-state index in [-0.39, 0.29) is 11.9 Å². The van der Waals surface area contributed by atoms with Gasteiger partial charge in [0.05, 0.1) is 12.1 Å². The molecule has 3 atom stereocenters. The topological polar surface area (TPSA) is 64.3 Å². The van der Waals surface area contributed by atoms with E-state index in [9.17, 15) is 4.79 Å². The van der Waals surface area contributed by atoms with Crippen molar-refractivity contribution in [2.24, 2.45) is 11.7 Å². The maximum Gasteiger partial charge on any atom is 0.240 e. The van der Waals surface area contributed by atoms with Crippen LogP contribution in [0.3, 0.4) is 0 Å². The lowest BCUT2D eigenvalue weighted by Gasteiger charge is -2.36. The highest BCUT2D eigenvalue weighted by atomic mass is 16.5. The van der Waals surface area contributed by atoms with Gasteiger partial charge in [0.15, 0.2) is 0 Å². The number of nitrogens with one attached hydrogen (secondary N) is 1. The van der Waals surface area contributed by atoms with Gasteiger partial charge in [-0.05, 0) is 25.7 Å². The minimum Gasteiger partial charge on any atom is -0.383 e. The van der Waals surface area contributed by atoms with Crippen molar-refractivity contribution < 1.29 is 9.53 Å². The Balaban J connectivity index is 2.51. The van der Waals surface area contributed by atoms with Crippen molar-refractivity contribution in [3.63, 3.8) is 0 Å². The first-order chi connectivity index (χ1) is 7.48. The molecule has 0 aromatic carbocycles. The molecule has 3 N–H and O–H groups in total. The Bertz CT molecular complexity index is 245. The average molecular weight is 228 g/mol. The average Bonchev–Trinajstić information content (AvgIpc) is 2.17. The Hall–Kier alpha value is -0.610. The third-order valence-electron chi connectivity index (χ3n) is 3.28. The number of nitrogens with two attached hydrogens (primary N) is 1. The highest BCUT2D eigenvalue weighted by molar-refractivity contribution is 5.86. The van der Waals surface area contributed by atoms with E-state index < -0.39 is 5.54 Å². The monoisotopic (exact) mass is 228 g/mol. The van der Waals surface area contributed by atoms with Gasteiger partial charge in [-0.1, -0.05) is 19.8 Å². The van der Waals surface area contributed by atoms with Crippen LogP contribution >= 0.6 is 0 Å². The summed E-state index contributed by atoms with van der Waals surface area (Å²) in [5.41, 5.74) is 5.52. The first kappa shape index (κ1) is 13.5. The summed E-state index contributed by atoms with van der Waals surface area (Å²) >= 11 is 0. The molecule has 0 aromatic rings. The van der Waals surface area contributed by atoms with Gasteiger partial charge in [0.25, 0.3) is 0 Å². The summed E-state index contributed by atoms with van der Waals surface area (Å²) < 4.78 is 4.99. The van der Waals surface area contributed by atoms with E-state index in [0.717, 1.165) is 19.3 Å². The van der Waals surface area contributed by atoms with Crippen molar-refractivity contribution in [1.82, 2.24) is 5.32 Å². The van der Waals surface area contributed by atoms with Crippen LogP contribution in [0, 0.1) is 5.92 Å². The third kappa shape index (κ3) is 3.46. The largest absolute Gasteiger partial charge is 0.383 e. The second kappa shape index (κ2) is 5.64. The van der Waals surface area contributed by atoms with Crippen LogP contribution in [-0.2, 0) is 9.53 Å². The molecule has 4 nitrogen and oxygen atoms in total. The van der Waals surface area contributed by atoms with E-state index in [2.05, 4.69) is 12.2 Å². The Morgan fingerprint density at radius 2 is 2.38 bits per heavy atom. The zero-order chi connectivity index (χ0) is 12.2. The smallest absolute Gasteiger partial charge is 0.240 e. The molecule has 1 fully saturated rings. The fourth-order valence-electron chi connectivity index (χ4n) is 2.46. The van der Waals surface area contributed by atoms with Gasteiger partial charge < -0.3 is 15.8 Å². The molecule has 0 bridgehead atoms. The van der Waals surface area contributed by atoms with Crippen molar-refractivity contribution in [3.8, 4) is 0 Å². The molecule has 1 aliphatic rings. The third-order valence-corrected chi connectivity index (χ3v) is 3.28. The molecular formula is C12H24N2O2. The first-order valence-corrected chi connectivity index (χ1v) is 6.06. The molecule has 0 aliphatic heterocycles. The van der Waals surface area contributed by atoms with Crippen LogP contribution in [0.25, 0.3) is 0 Å². The van der Waals surface area contributed by atoms with E-state index in [1.165, 1.54) is 6.42 Å². The number of methoxy groups -OCH3 is 1. The minimum atomic E-state index is -0.667. The highest BCUT2D eigenvalue weighted by Gasteiger charge is 2.38. The molecule has 3 unspecified atom stereocenters. The van der Waals surface area contributed by atoms with Crippen LogP contribution in [0.4, 0.5) is 0 Å². The quantitative estimate of drug-likeness (QED) is 0.756. The SMILES string of the molecule is COCC(C)NC(=O)C1(N)CCCC(C)C1. The van der Waals surface area contributed by atoms with Gasteiger partial charge in [-0.3, -0.25) is 4.79 Å². The summed E-state index contributed by atoms with van der Waals surface area (Å²) in [7, 11) is 1.63. The van der Waals surface area contributed by atoms with Gasteiger partial charge in [-0.25, -0.2) is 0 Å². The second-order valence-electron chi connectivity index (χ2n) is 5.19. The number of carbonyl (C=O) groups is 1. The van der Waals surface area contributed by atoms with E-state index in [4.69, 9.17) is 10.5 Å². The number of amides is 1. The van der Waals surface area contributed by atoms with Gasteiger partial charge in [0.1, 0.15) is 0 Å². The molecule has 0 aromatic heterocycles. The lowest BCUT2D eigenvalue weighted by Crippen LogP contribution is -2.58. The van der Waals surface area contributed by atoms with Crippen LogP contribution < -0.4 is 11.1 Å². The summed E-state index contributed by atoms with van der Waals surface area (Å²) in [4.78, 5) is 12.1. The predicted molar refractivity (Wildman–Crippen MR) is 64.0 cm³/mol.